The minimum Gasteiger partial charge on any atom is -0.322 e. The molecule has 1 amide bonds. The van der Waals surface area contributed by atoms with E-state index in [-0.39, 0.29) is 17.6 Å². The van der Waals surface area contributed by atoms with Crippen LogP contribution in [0.1, 0.15) is 0 Å². The normalized spacial score (nSPS) is 19.8. The molecule has 1 aromatic rings. The van der Waals surface area contributed by atoms with E-state index >= 15 is 0 Å². The Bertz CT molecular complexity index is 408. The first-order valence-corrected chi connectivity index (χ1v) is 5.89. The van der Waals surface area contributed by atoms with Gasteiger partial charge in [-0.15, -0.1) is 11.8 Å². The predicted molar refractivity (Wildman–Crippen MR) is 59.2 cm³/mol. The molecular weight excluding hydrogens is 234 g/mol. The molecule has 1 unspecified atom stereocenters. The van der Waals surface area contributed by atoms with E-state index in [2.05, 4.69) is 10.6 Å². The second-order valence-corrected chi connectivity index (χ2v) is 4.42. The molecule has 0 radical (unpaired) electrons. The van der Waals surface area contributed by atoms with Gasteiger partial charge in [-0.25, -0.2) is 8.78 Å². The number of hydrogen-bond acceptors (Lipinski definition) is 3. The Morgan fingerprint density at radius 1 is 1.50 bits per heavy atom. The summed E-state index contributed by atoms with van der Waals surface area (Å²) in [6.45, 7) is 0. The average molecular weight is 244 g/mol. The Morgan fingerprint density at radius 2 is 2.31 bits per heavy atom. The van der Waals surface area contributed by atoms with Gasteiger partial charge in [0.2, 0.25) is 5.91 Å². The van der Waals surface area contributed by atoms with E-state index in [1.807, 2.05) is 0 Å². The van der Waals surface area contributed by atoms with Crippen molar-refractivity contribution >= 4 is 23.4 Å². The van der Waals surface area contributed by atoms with Gasteiger partial charge in [0, 0.05) is 17.7 Å². The second kappa shape index (κ2) is 4.80. The highest BCUT2D eigenvalue weighted by Gasteiger charge is 2.23. The van der Waals surface area contributed by atoms with E-state index in [1.165, 1.54) is 0 Å². The van der Waals surface area contributed by atoms with Gasteiger partial charge in [-0.2, -0.15) is 0 Å². The SMILES string of the molecule is O=C(Nc1cc(F)ccc1F)C1CSCN1. The Kier molecular flexibility index (Phi) is 3.40. The molecule has 1 saturated heterocycles. The lowest BCUT2D eigenvalue weighted by molar-refractivity contribution is -0.117. The van der Waals surface area contributed by atoms with Crippen LogP contribution >= 0.6 is 11.8 Å². The van der Waals surface area contributed by atoms with E-state index in [9.17, 15) is 13.6 Å². The number of rotatable bonds is 2. The van der Waals surface area contributed by atoms with Crippen molar-refractivity contribution in [3.8, 4) is 0 Å². The molecule has 2 N–H and O–H groups in total. The second-order valence-electron chi connectivity index (χ2n) is 3.39. The van der Waals surface area contributed by atoms with Gasteiger partial charge < -0.3 is 5.32 Å². The van der Waals surface area contributed by atoms with Gasteiger partial charge in [0.05, 0.1) is 11.7 Å². The number of benzene rings is 1. The first kappa shape index (κ1) is 11.3. The highest BCUT2D eigenvalue weighted by molar-refractivity contribution is 7.99. The molecule has 1 aliphatic heterocycles. The highest BCUT2D eigenvalue weighted by Crippen LogP contribution is 2.17. The molecule has 1 aliphatic rings. The maximum Gasteiger partial charge on any atom is 0.242 e. The van der Waals surface area contributed by atoms with Crippen LogP contribution in [0.2, 0.25) is 0 Å². The number of hydrogen-bond donors (Lipinski definition) is 2. The summed E-state index contributed by atoms with van der Waals surface area (Å²) in [5.74, 6) is -0.215. The monoisotopic (exact) mass is 244 g/mol. The van der Waals surface area contributed by atoms with Crippen molar-refractivity contribution in [3.63, 3.8) is 0 Å². The fraction of sp³-hybridized carbons (Fsp3) is 0.300. The number of anilines is 1. The minimum atomic E-state index is -0.639. The third-order valence-corrected chi connectivity index (χ3v) is 3.16. The summed E-state index contributed by atoms with van der Waals surface area (Å²) >= 11 is 1.59. The number of nitrogens with one attached hydrogen (secondary N) is 2. The van der Waals surface area contributed by atoms with Crippen molar-refractivity contribution in [3.05, 3.63) is 29.8 Å². The van der Waals surface area contributed by atoms with Gasteiger partial charge in [-0.3, -0.25) is 10.1 Å². The Labute approximate surface area is 95.6 Å². The number of halogens is 2. The maximum atomic E-state index is 13.2. The summed E-state index contributed by atoms with van der Waals surface area (Å²) in [4.78, 5) is 11.6. The van der Waals surface area contributed by atoms with Crippen LogP contribution in [-0.4, -0.2) is 23.6 Å². The summed E-state index contributed by atoms with van der Waals surface area (Å²) in [7, 11) is 0. The molecule has 86 valence electrons. The zero-order valence-corrected chi connectivity index (χ0v) is 9.11. The molecule has 1 aromatic carbocycles. The standard InChI is InChI=1S/C10H10F2N2OS/c11-6-1-2-7(12)8(3-6)14-10(15)9-4-16-5-13-9/h1-3,9,13H,4-5H2,(H,14,15). The van der Waals surface area contributed by atoms with Gasteiger partial charge in [0.1, 0.15) is 11.6 Å². The van der Waals surface area contributed by atoms with Crippen molar-refractivity contribution in [2.75, 3.05) is 16.9 Å². The molecule has 16 heavy (non-hydrogen) atoms. The molecular formula is C10H10F2N2OS. The van der Waals surface area contributed by atoms with E-state index in [4.69, 9.17) is 0 Å². The van der Waals surface area contributed by atoms with Crippen molar-refractivity contribution in [1.82, 2.24) is 5.32 Å². The lowest BCUT2D eigenvalue weighted by Gasteiger charge is -2.10. The van der Waals surface area contributed by atoms with Crippen molar-refractivity contribution in [1.29, 1.82) is 0 Å². The molecule has 1 atom stereocenters. The highest BCUT2D eigenvalue weighted by atomic mass is 32.2. The summed E-state index contributed by atoms with van der Waals surface area (Å²) in [6.07, 6.45) is 0. The average Bonchev–Trinajstić information content (AvgIpc) is 2.76. The minimum absolute atomic E-state index is 0.122. The van der Waals surface area contributed by atoms with E-state index < -0.39 is 11.6 Å². The summed E-state index contributed by atoms with van der Waals surface area (Å²) in [6, 6.07) is 2.62. The number of carbonyl (C=O) groups excluding carboxylic acids is 1. The molecule has 3 nitrogen and oxygen atoms in total. The van der Waals surface area contributed by atoms with Crippen LogP contribution in [-0.2, 0) is 4.79 Å². The van der Waals surface area contributed by atoms with Crippen molar-refractivity contribution in [2.45, 2.75) is 6.04 Å². The summed E-state index contributed by atoms with van der Waals surface area (Å²) in [5, 5.41) is 5.31. The zero-order valence-electron chi connectivity index (χ0n) is 8.30. The quantitative estimate of drug-likeness (QED) is 0.829. The fourth-order valence-corrected chi connectivity index (χ4v) is 2.32. The summed E-state index contributed by atoms with van der Waals surface area (Å²) in [5.41, 5.74) is -0.122. The van der Waals surface area contributed by atoms with Crippen LogP contribution in [0.5, 0.6) is 0 Å². The summed E-state index contributed by atoms with van der Waals surface area (Å²) < 4.78 is 26.0. The largest absolute Gasteiger partial charge is 0.322 e. The van der Waals surface area contributed by atoms with Crippen molar-refractivity contribution < 1.29 is 13.6 Å². The lowest BCUT2D eigenvalue weighted by atomic mass is 10.2. The van der Waals surface area contributed by atoms with Crippen LogP contribution in [0.25, 0.3) is 0 Å². The van der Waals surface area contributed by atoms with Gasteiger partial charge in [-0.1, -0.05) is 0 Å². The van der Waals surface area contributed by atoms with Crippen LogP contribution in [0.15, 0.2) is 18.2 Å². The topological polar surface area (TPSA) is 41.1 Å². The fourth-order valence-electron chi connectivity index (χ4n) is 1.38. The number of thioether (sulfide) groups is 1. The maximum absolute atomic E-state index is 13.2. The van der Waals surface area contributed by atoms with E-state index in [0.717, 1.165) is 18.2 Å². The third-order valence-electron chi connectivity index (χ3n) is 2.22. The molecule has 0 aromatic heterocycles. The van der Waals surface area contributed by atoms with Crippen LogP contribution in [0.3, 0.4) is 0 Å². The molecule has 0 aliphatic carbocycles. The van der Waals surface area contributed by atoms with Gasteiger partial charge in [-0.05, 0) is 12.1 Å². The molecule has 0 spiro atoms. The zero-order chi connectivity index (χ0) is 11.5. The first-order valence-electron chi connectivity index (χ1n) is 4.74. The molecule has 0 saturated carbocycles. The number of amides is 1. The smallest absolute Gasteiger partial charge is 0.242 e. The number of carbonyl (C=O) groups is 1. The van der Waals surface area contributed by atoms with Gasteiger partial charge in [0.25, 0.3) is 0 Å². The lowest BCUT2D eigenvalue weighted by Crippen LogP contribution is -2.37. The Hall–Kier alpha value is -1.14. The molecule has 6 heteroatoms. The van der Waals surface area contributed by atoms with E-state index in [1.54, 1.807) is 11.8 Å². The predicted octanol–water partition coefficient (Wildman–Crippen LogP) is 1.57. The van der Waals surface area contributed by atoms with Crippen LogP contribution in [0, 0.1) is 11.6 Å². The molecule has 1 heterocycles. The van der Waals surface area contributed by atoms with Gasteiger partial charge in [0.15, 0.2) is 0 Å². The Morgan fingerprint density at radius 3 is 3.00 bits per heavy atom. The molecule has 0 bridgehead atoms. The van der Waals surface area contributed by atoms with Gasteiger partial charge >= 0.3 is 0 Å². The van der Waals surface area contributed by atoms with Crippen molar-refractivity contribution in [2.24, 2.45) is 0 Å². The molecule has 1 fully saturated rings. The van der Waals surface area contributed by atoms with E-state index in [0.29, 0.717) is 11.6 Å². The third kappa shape index (κ3) is 2.51. The van der Waals surface area contributed by atoms with Crippen LogP contribution in [0.4, 0.5) is 14.5 Å². The first-order chi connectivity index (χ1) is 7.66. The Balaban J connectivity index is 2.07. The van der Waals surface area contributed by atoms with Crippen LogP contribution < -0.4 is 10.6 Å². The molecule has 2 rings (SSSR count).